The van der Waals surface area contributed by atoms with Gasteiger partial charge in [-0.1, -0.05) is 35.9 Å². The molecule has 0 radical (unpaired) electrons. The molecule has 2 rings (SSSR count). The Hall–Kier alpha value is -1.80. The lowest BCUT2D eigenvalue weighted by atomic mass is 10.0. The van der Waals surface area contributed by atoms with Crippen molar-refractivity contribution in [3.63, 3.8) is 0 Å². The van der Waals surface area contributed by atoms with Gasteiger partial charge >= 0.3 is 0 Å². The van der Waals surface area contributed by atoms with E-state index in [4.69, 9.17) is 17.3 Å². The fourth-order valence-corrected chi connectivity index (χ4v) is 2.14. The van der Waals surface area contributed by atoms with Gasteiger partial charge in [0.2, 0.25) is 0 Å². The van der Waals surface area contributed by atoms with E-state index in [9.17, 15) is 4.79 Å². The highest BCUT2D eigenvalue weighted by atomic mass is 35.5. The maximum absolute atomic E-state index is 11.9. The van der Waals surface area contributed by atoms with Crippen LogP contribution in [0.2, 0.25) is 5.02 Å². The van der Waals surface area contributed by atoms with Crippen LogP contribution in [0, 0.1) is 0 Å². The van der Waals surface area contributed by atoms with Gasteiger partial charge in [-0.3, -0.25) is 4.79 Å². The van der Waals surface area contributed by atoms with Gasteiger partial charge in [-0.05, 0) is 41.8 Å². The first-order valence-electron chi connectivity index (χ1n) is 6.24. The van der Waals surface area contributed by atoms with Gasteiger partial charge in [0.15, 0.2) is 0 Å². The van der Waals surface area contributed by atoms with Gasteiger partial charge in [0.1, 0.15) is 5.78 Å². The molecule has 0 aromatic heterocycles. The monoisotopic (exact) mass is 273 g/mol. The molecule has 19 heavy (non-hydrogen) atoms. The quantitative estimate of drug-likeness (QED) is 0.845. The Balaban J connectivity index is 1.86. The zero-order valence-corrected chi connectivity index (χ0v) is 11.4. The molecule has 0 aliphatic carbocycles. The number of nitrogen functional groups attached to an aromatic ring is 1. The molecule has 0 aliphatic rings. The zero-order valence-electron chi connectivity index (χ0n) is 10.6. The molecule has 0 fully saturated rings. The van der Waals surface area contributed by atoms with Crippen molar-refractivity contribution in [2.45, 2.75) is 19.3 Å². The Labute approximate surface area is 118 Å². The van der Waals surface area contributed by atoms with Crippen molar-refractivity contribution >= 4 is 23.1 Å². The molecule has 0 heterocycles. The van der Waals surface area contributed by atoms with E-state index in [0.717, 1.165) is 23.2 Å². The van der Waals surface area contributed by atoms with Gasteiger partial charge in [-0.25, -0.2) is 0 Å². The van der Waals surface area contributed by atoms with Crippen LogP contribution in [0.5, 0.6) is 0 Å². The number of rotatable bonds is 5. The lowest BCUT2D eigenvalue weighted by Crippen LogP contribution is -2.04. The van der Waals surface area contributed by atoms with Crippen LogP contribution in [-0.4, -0.2) is 5.78 Å². The predicted molar refractivity (Wildman–Crippen MR) is 79.3 cm³/mol. The fourth-order valence-electron chi connectivity index (χ4n) is 1.93. The zero-order chi connectivity index (χ0) is 13.7. The molecule has 0 amide bonds. The topological polar surface area (TPSA) is 43.1 Å². The van der Waals surface area contributed by atoms with Gasteiger partial charge in [0.05, 0.1) is 0 Å². The summed E-state index contributed by atoms with van der Waals surface area (Å²) in [5.74, 6) is 0.221. The molecule has 0 unspecified atom stereocenters. The summed E-state index contributed by atoms with van der Waals surface area (Å²) in [5, 5.41) is 0.670. The summed E-state index contributed by atoms with van der Waals surface area (Å²) < 4.78 is 0. The number of aryl methyl sites for hydroxylation is 1. The molecular weight excluding hydrogens is 258 g/mol. The number of hydrogen-bond acceptors (Lipinski definition) is 2. The average Bonchev–Trinajstić information content (AvgIpc) is 2.38. The second kappa shape index (κ2) is 6.39. The lowest BCUT2D eigenvalue weighted by Gasteiger charge is -2.03. The highest BCUT2D eigenvalue weighted by molar-refractivity contribution is 6.30. The molecule has 0 spiro atoms. The molecule has 0 saturated heterocycles. The number of carbonyl (C=O) groups is 1. The van der Waals surface area contributed by atoms with Crippen LogP contribution in [0.3, 0.4) is 0 Å². The Morgan fingerprint density at radius 2 is 1.79 bits per heavy atom. The molecule has 0 aliphatic heterocycles. The maximum Gasteiger partial charge on any atom is 0.137 e. The molecule has 2 nitrogen and oxygen atoms in total. The van der Waals surface area contributed by atoms with Gasteiger partial charge in [-0.2, -0.15) is 0 Å². The third kappa shape index (κ3) is 4.42. The Morgan fingerprint density at radius 1 is 1.05 bits per heavy atom. The first-order chi connectivity index (χ1) is 9.13. The van der Waals surface area contributed by atoms with Crippen LogP contribution in [0.25, 0.3) is 0 Å². The Bertz CT molecular complexity index is 563. The SMILES string of the molecule is Nc1ccc(CCC(=O)Cc2cccc(Cl)c2)cc1. The molecule has 98 valence electrons. The third-order valence-corrected chi connectivity index (χ3v) is 3.20. The minimum absolute atomic E-state index is 0.221. The average molecular weight is 274 g/mol. The van der Waals surface area contributed by atoms with Gasteiger partial charge in [0, 0.05) is 23.6 Å². The summed E-state index contributed by atoms with van der Waals surface area (Å²) in [5.41, 5.74) is 8.46. The molecule has 2 aromatic carbocycles. The molecule has 3 heteroatoms. The van der Waals surface area contributed by atoms with E-state index in [0.29, 0.717) is 17.9 Å². The molecule has 2 N–H and O–H groups in total. The largest absolute Gasteiger partial charge is 0.399 e. The maximum atomic E-state index is 11.9. The number of hydrogen-bond donors (Lipinski definition) is 1. The fraction of sp³-hybridized carbons (Fsp3) is 0.188. The number of anilines is 1. The van der Waals surface area contributed by atoms with Gasteiger partial charge in [-0.15, -0.1) is 0 Å². The predicted octanol–water partition coefficient (Wildman–Crippen LogP) is 3.67. The summed E-state index contributed by atoms with van der Waals surface area (Å²) in [6, 6.07) is 15.1. The number of ketones is 1. The molecular formula is C16H16ClNO. The Morgan fingerprint density at radius 3 is 2.47 bits per heavy atom. The summed E-state index contributed by atoms with van der Waals surface area (Å²) in [7, 11) is 0. The minimum atomic E-state index is 0.221. The highest BCUT2D eigenvalue weighted by Crippen LogP contribution is 2.13. The highest BCUT2D eigenvalue weighted by Gasteiger charge is 2.05. The van der Waals surface area contributed by atoms with E-state index >= 15 is 0 Å². The molecule has 0 saturated carbocycles. The van der Waals surface area contributed by atoms with Crippen molar-refractivity contribution < 1.29 is 4.79 Å². The van der Waals surface area contributed by atoms with Crippen molar-refractivity contribution in [1.82, 2.24) is 0 Å². The van der Waals surface area contributed by atoms with E-state index < -0.39 is 0 Å². The van der Waals surface area contributed by atoms with E-state index in [1.807, 2.05) is 48.5 Å². The second-order valence-corrected chi connectivity index (χ2v) is 5.02. The summed E-state index contributed by atoms with van der Waals surface area (Å²) in [6.07, 6.45) is 1.73. The van der Waals surface area contributed by atoms with Crippen molar-refractivity contribution in [2.75, 3.05) is 5.73 Å². The van der Waals surface area contributed by atoms with Crippen molar-refractivity contribution in [3.05, 3.63) is 64.7 Å². The second-order valence-electron chi connectivity index (χ2n) is 4.59. The lowest BCUT2D eigenvalue weighted by molar-refractivity contribution is -0.118. The summed E-state index contributed by atoms with van der Waals surface area (Å²) >= 11 is 5.89. The van der Waals surface area contributed by atoms with E-state index in [-0.39, 0.29) is 5.78 Å². The summed E-state index contributed by atoms with van der Waals surface area (Å²) in [4.78, 5) is 11.9. The van der Waals surface area contributed by atoms with Crippen molar-refractivity contribution in [3.8, 4) is 0 Å². The van der Waals surface area contributed by atoms with Crippen LogP contribution < -0.4 is 5.73 Å². The van der Waals surface area contributed by atoms with Crippen LogP contribution in [0.15, 0.2) is 48.5 Å². The smallest absolute Gasteiger partial charge is 0.137 e. The van der Waals surface area contributed by atoms with Crippen LogP contribution in [0.1, 0.15) is 17.5 Å². The molecule has 0 bridgehead atoms. The standard InChI is InChI=1S/C16H16ClNO/c17-14-3-1-2-13(10-14)11-16(19)9-6-12-4-7-15(18)8-5-12/h1-5,7-8,10H,6,9,11,18H2. The van der Waals surface area contributed by atoms with Crippen LogP contribution >= 0.6 is 11.6 Å². The normalized spacial score (nSPS) is 10.4. The molecule has 0 atom stereocenters. The first-order valence-corrected chi connectivity index (χ1v) is 6.62. The third-order valence-electron chi connectivity index (χ3n) is 2.96. The number of halogens is 1. The van der Waals surface area contributed by atoms with E-state index in [1.165, 1.54) is 0 Å². The van der Waals surface area contributed by atoms with Crippen molar-refractivity contribution in [1.29, 1.82) is 0 Å². The van der Waals surface area contributed by atoms with Gasteiger partial charge < -0.3 is 5.73 Å². The van der Waals surface area contributed by atoms with Gasteiger partial charge in [0.25, 0.3) is 0 Å². The van der Waals surface area contributed by atoms with Crippen molar-refractivity contribution in [2.24, 2.45) is 0 Å². The number of Topliss-reactive ketones (excluding diaryl/α,β-unsaturated/α-hetero) is 1. The first kappa shape index (κ1) is 13.6. The number of carbonyl (C=O) groups excluding carboxylic acids is 1. The van der Waals surface area contributed by atoms with Crippen LogP contribution in [-0.2, 0) is 17.6 Å². The summed E-state index contributed by atoms with van der Waals surface area (Å²) in [6.45, 7) is 0. The van der Waals surface area contributed by atoms with E-state index in [2.05, 4.69) is 0 Å². The number of benzene rings is 2. The van der Waals surface area contributed by atoms with Crippen LogP contribution in [0.4, 0.5) is 5.69 Å². The Kier molecular flexibility index (Phi) is 4.58. The van der Waals surface area contributed by atoms with E-state index in [1.54, 1.807) is 0 Å². The number of nitrogens with two attached hydrogens (primary N) is 1. The molecule has 2 aromatic rings. The minimum Gasteiger partial charge on any atom is -0.399 e.